The summed E-state index contributed by atoms with van der Waals surface area (Å²) in [5.74, 6) is 5.14. The predicted molar refractivity (Wildman–Crippen MR) is 122 cm³/mol. The molecule has 32 heavy (non-hydrogen) atoms. The highest BCUT2D eigenvalue weighted by molar-refractivity contribution is 7.89. The number of ether oxygens (including phenoxy) is 2. The molecule has 0 aromatic heterocycles. The molecule has 0 bridgehead atoms. The molecule has 2 rings (SSSR count). The average molecular weight is 464 g/mol. The van der Waals surface area contributed by atoms with Gasteiger partial charge in [0.2, 0.25) is 10.0 Å². The molecule has 0 saturated heterocycles. The maximum Gasteiger partial charge on any atom is 0.338 e. The molecular formula is C24H33NO6S. The number of hydrogen-bond acceptors (Lipinski definition) is 6. The first kappa shape index (κ1) is 25.9. The van der Waals surface area contributed by atoms with Crippen LogP contribution in [0.1, 0.15) is 74.7 Å². The van der Waals surface area contributed by atoms with Crippen molar-refractivity contribution in [2.45, 2.75) is 70.8 Å². The van der Waals surface area contributed by atoms with Gasteiger partial charge in [-0.05, 0) is 63.1 Å². The minimum atomic E-state index is -3.43. The highest BCUT2D eigenvalue weighted by Gasteiger charge is 2.33. The maximum absolute atomic E-state index is 12.2. The van der Waals surface area contributed by atoms with E-state index in [1.807, 2.05) is 12.1 Å². The summed E-state index contributed by atoms with van der Waals surface area (Å²) in [4.78, 5) is 23.1. The van der Waals surface area contributed by atoms with Crippen LogP contribution in [-0.2, 0) is 30.7 Å². The van der Waals surface area contributed by atoms with E-state index >= 15 is 0 Å². The molecule has 1 N–H and O–H groups in total. The fraction of sp³-hybridized carbons (Fsp3) is 0.583. The Balaban J connectivity index is 1.74. The third kappa shape index (κ3) is 9.01. The number of sulfonamides is 1. The van der Waals surface area contributed by atoms with E-state index in [0.717, 1.165) is 24.8 Å². The van der Waals surface area contributed by atoms with Gasteiger partial charge in [-0.25, -0.2) is 17.9 Å². The molecule has 1 saturated carbocycles. The van der Waals surface area contributed by atoms with Crippen molar-refractivity contribution >= 4 is 22.0 Å². The molecule has 1 aliphatic rings. The van der Waals surface area contributed by atoms with Crippen LogP contribution in [0.4, 0.5) is 0 Å². The second kappa shape index (κ2) is 12.6. The Morgan fingerprint density at radius 3 is 2.44 bits per heavy atom. The van der Waals surface area contributed by atoms with E-state index < -0.39 is 15.6 Å². The maximum atomic E-state index is 12.2. The lowest BCUT2D eigenvalue weighted by Crippen LogP contribution is -2.35. The molecule has 7 nitrogen and oxygen atoms in total. The highest BCUT2D eigenvalue weighted by atomic mass is 32.2. The van der Waals surface area contributed by atoms with Gasteiger partial charge in [0.15, 0.2) is 5.60 Å². The van der Waals surface area contributed by atoms with Gasteiger partial charge >= 0.3 is 11.9 Å². The van der Waals surface area contributed by atoms with Crippen LogP contribution in [0.3, 0.4) is 0 Å². The number of esters is 2. The predicted octanol–water partition coefficient (Wildman–Crippen LogP) is 3.37. The molecule has 0 unspecified atom stereocenters. The van der Waals surface area contributed by atoms with Crippen molar-refractivity contribution in [3.63, 3.8) is 0 Å². The summed E-state index contributed by atoms with van der Waals surface area (Å²) in [5.41, 5.74) is 0.761. The Hall–Kier alpha value is -2.37. The lowest BCUT2D eigenvalue weighted by molar-refractivity contribution is -0.153. The third-order valence-electron chi connectivity index (χ3n) is 5.24. The van der Waals surface area contributed by atoms with Crippen molar-refractivity contribution < 1.29 is 27.5 Å². The van der Waals surface area contributed by atoms with Crippen molar-refractivity contribution in [2.75, 3.05) is 18.9 Å². The van der Waals surface area contributed by atoms with Crippen LogP contribution in [0, 0.1) is 11.8 Å². The third-order valence-corrected chi connectivity index (χ3v) is 6.63. The lowest BCUT2D eigenvalue weighted by Gasteiger charge is -2.31. The number of carbonyl (C=O) groups is 2. The van der Waals surface area contributed by atoms with Gasteiger partial charge in [0, 0.05) is 19.9 Å². The summed E-state index contributed by atoms with van der Waals surface area (Å²) < 4.78 is 37.4. The van der Waals surface area contributed by atoms with Crippen LogP contribution < -0.4 is 4.72 Å². The number of aryl methyl sites for hydroxylation is 1. The number of rotatable bonds is 10. The molecule has 176 valence electrons. The molecule has 0 amide bonds. The number of hydrogen-bond donors (Lipinski definition) is 1. The summed E-state index contributed by atoms with van der Waals surface area (Å²) in [5, 5.41) is 0. The number of benzene rings is 1. The summed E-state index contributed by atoms with van der Waals surface area (Å²) in [7, 11) is -3.43. The smallest absolute Gasteiger partial charge is 0.338 e. The van der Waals surface area contributed by atoms with E-state index in [1.165, 1.54) is 6.92 Å². The second-order valence-corrected chi connectivity index (χ2v) is 9.86. The standard InChI is InChI=1S/C24H33NO6S/c1-3-30-23(27)22-13-11-21(12-14-22)10-9-18-25-32(28,29)19-8-7-17-24(31-20(2)26)15-5-4-6-16-24/h11-14,25H,3-6,8-10,15-16,18-19H2,1-2H3. The molecule has 0 spiro atoms. The molecule has 1 fully saturated rings. The average Bonchev–Trinajstić information content (AvgIpc) is 2.75. The number of nitrogens with one attached hydrogen (secondary N) is 1. The fourth-order valence-electron chi connectivity index (χ4n) is 3.67. The molecule has 0 radical (unpaired) electrons. The second-order valence-electron chi connectivity index (χ2n) is 7.93. The van der Waals surface area contributed by atoms with Gasteiger partial charge < -0.3 is 9.47 Å². The number of carbonyl (C=O) groups excluding carboxylic acids is 2. The Morgan fingerprint density at radius 1 is 1.12 bits per heavy atom. The van der Waals surface area contributed by atoms with Crippen molar-refractivity contribution in [3.8, 4) is 11.8 Å². The zero-order chi connectivity index (χ0) is 23.5. The van der Waals surface area contributed by atoms with E-state index in [0.29, 0.717) is 44.4 Å². The van der Waals surface area contributed by atoms with E-state index in [4.69, 9.17) is 9.47 Å². The SMILES string of the molecule is CCOC(=O)c1ccc(CCCNS(=O)(=O)CCC#CC2(OC(C)=O)CCCCC2)cc1. The van der Waals surface area contributed by atoms with Gasteiger partial charge in [0.1, 0.15) is 0 Å². The van der Waals surface area contributed by atoms with Crippen LogP contribution in [-0.4, -0.2) is 44.9 Å². The van der Waals surface area contributed by atoms with Crippen LogP contribution in [0.2, 0.25) is 0 Å². The van der Waals surface area contributed by atoms with Gasteiger partial charge in [0.25, 0.3) is 0 Å². The molecule has 0 atom stereocenters. The monoisotopic (exact) mass is 463 g/mol. The van der Waals surface area contributed by atoms with E-state index in [9.17, 15) is 18.0 Å². The normalized spacial score (nSPS) is 15.3. The van der Waals surface area contributed by atoms with Crippen LogP contribution in [0.25, 0.3) is 0 Å². The largest absolute Gasteiger partial charge is 0.462 e. The first-order valence-corrected chi connectivity index (χ1v) is 12.8. The van der Waals surface area contributed by atoms with Gasteiger partial charge in [-0.2, -0.15) is 0 Å². The van der Waals surface area contributed by atoms with E-state index in [1.54, 1.807) is 19.1 Å². The lowest BCUT2D eigenvalue weighted by atomic mass is 9.85. The first-order valence-electron chi connectivity index (χ1n) is 11.2. The fourth-order valence-corrected chi connectivity index (χ4v) is 4.64. The van der Waals surface area contributed by atoms with Crippen molar-refractivity contribution in [1.82, 2.24) is 4.72 Å². The Labute approximate surface area is 191 Å². The zero-order valence-electron chi connectivity index (χ0n) is 18.9. The van der Waals surface area contributed by atoms with Gasteiger partial charge in [-0.1, -0.05) is 30.4 Å². The molecule has 8 heteroatoms. The minimum absolute atomic E-state index is 0.0929. The Morgan fingerprint density at radius 2 is 1.81 bits per heavy atom. The van der Waals surface area contributed by atoms with Crippen LogP contribution in [0.15, 0.2) is 24.3 Å². The topological polar surface area (TPSA) is 98.8 Å². The first-order chi connectivity index (χ1) is 15.3. The Bertz CT molecular complexity index is 921. The molecule has 1 aromatic carbocycles. The van der Waals surface area contributed by atoms with Gasteiger partial charge in [-0.15, -0.1) is 0 Å². The molecule has 0 aliphatic heterocycles. The van der Waals surface area contributed by atoms with Gasteiger partial charge in [0.05, 0.1) is 17.9 Å². The van der Waals surface area contributed by atoms with Crippen molar-refractivity contribution in [3.05, 3.63) is 35.4 Å². The summed E-state index contributed by atoms with van der Waals surface area (Å²) in [6.07, 6.45) is 5.92. The van der Waals surface area contributed by atoms with E-state index in [-0.39, 0.29) is 24.1 Å². The van der Waals surface area contributed by atoms with Crippen LogP contribution in [0.5, 0.6) is 0 Å². The molecular weight excluding hydrogens is 430 g/mol. The minimum Gasteiger partial charge on any atom is -0.462 e. The summed E-state index contributed by atoms with van der Waals surface area (Å²) >= 11 is 0. The quantitative estimate of drug-likeness (QED) is 0.324. The molecule has 1 aliphatic carbocycles. The van der Waals surface area contributed by atoms with Crippen molar-refractivity contribution in [1.29, 1.82) is 0 Å². The Kier molecular flexibility index (Phi) is 10.2. The summed E-state index contributed by atoms with van der Waals surface area (Å²) in [6.45, 7) is 3.80. The molecule has 0 heterocycles. The summed E-state index contributed by atoms with van der Waals surface area (Å²) in [6, 6.07) is 7.12. The van der Waals surface area contributed by atoms with Gasteiger partial charge in [-0.3, -0.25) is 4.79 Å². The molecule has 1 aromatic rings. The zero-order valence-corrected chi connectivity index (χ0v) is 19.8. The van der Waals surface area contributed by atoms with Crippen molar-refractivity contribution in [2.24, 2.45) is 0 Å². The van der Waals surface area contributed by atoms with E-state index in [2.05, 4.69) is 16.6 Å². The van der Waals surface area contributed by atoms with Crippen LogP contribution >= 0.6 is 0 Å². The highest BCUT2D eigenvalue weighted by Crippen LogP contribution is 2.31.